The molecule has 7 nitrogen and oxygen atoms in total. The van der Waals surface area contributed by atoms with Gasteiger partial charge in [0.1, 0.15) is 23.9 Å². The van der Waals surface area contributed by atoms with Gasteiger partial charge in [0.2, 0.25) is 0 Å². The molecular weight excluding hydrogens is 320 g/mol. The first-order valence-electron chi connectivity index (χ1n) is 8.27. The van der Waals surface area contributed by atoms with Crippen molar-refractivity contribution in [2.24, 2.45) is 4.99 Å². The van der Waals surface area contributed by atoms with Gasteiger partial charge in [-0.1, -0.05) is 5.16 Å². The fourth-order valence-electron chi connectivity index (χ4n) is 2.40. The van der Waals surface area contributed by atoms with E-state index < -0.39 is 0 Å². The highest BCUT2D eigenvalue weighted by Gasteiger charge is 2.08. The zero-order valence-corrected chi connectivity index (χ0v) is 15.3. The average molecular weight is 346 g/mol. The van der Waals surface area contributed by atoms with Gasteiger partial charge in [-0.15, -0.1) is 0 Å². The van der Waals surface area contributed by atoms with Gasteiger partial charge < -0.3 is 24.6 Å². The van der Waals surface area contributed by atoms with Crippen LogP contribution in [0.3, 0.4) is 0 Å². The van der Waals surface area contributed by atoms with E-state index in [1.54, 1.807) is 14.2 Å². The molecule has 2 N–H and O–H groups in total. The molecule has 0 fully saturated rings. The van der Waals surface area contributed by atoms with Crippen molar-refractivity contribution < 1.29 is 14.0 Å². The second-order valence-corrected chi connectivity index (χ2v) is 5.50. The van der Waals surface area contributed by atoms with Crippen LogP contribution in [0.2, 0.25) is 0 Å². The number of ether oxygens (including phenoxy) is 2. The summed E-state index contributed by atoms with van der Waals surface area (Å²) in [6, 6.07) is 7.51. The summed E-state index contributed by atoms with van der Waals surface area (Å²) in [5, 5.41) is 10.5. The molecule has 0 amide bonds. The van der Waals surface area contributed by atoms with E-state index in [4.69, 9.17) is 14.0 Å². The van der Waals surface area contributed by atoms with Crippen molar-refractivity contribution in [3.8, 4) is 11.5 Å². The molecule has 0 radical (unpaired) electrons. The van der Waals surface area contributed by atoms with E-state index in [0.29, 0.717) is 13.2 Å². The van der Waals surface area contributed by atoms with Crippen LogP contribution >= 0.6 is 0 Å². The lowest BCUT2D eigenvalue weighted by Gasteiger charge is -2.12. The van der Waals surface area contributed by atoms with E-state index in [2.05, 4.69) is 20.8 Å². The Kier molecular flexibility index (Phi) is 7.13. The van der Waals surface area contributed by atoms with Crippen molar-refractivity contribution in [2.45, 2.75) is 20.3 Å². The van der Waals surface area contributed by atoms with E-state index in [1.165, 1.54) is 0 Å². The molecule has 1 aromatic carbocycles. The standard InChI is InChI=1S/C18H26N4O3/c1-13-17(14(2)25-22-13)9-10-20-18(19-3)21-11-12-24-16-7-5-15(23-4)6-8-16/h5-8H,9-12H2,1-4H3,(H2,19,20,21). The molecule has 0 bridgehead atoms. The summed E-state index contributed by atoms with van der Waals surface area (Å²) in [5.74, 6) is 3.23. The van der Waals surface area contributed by atoms with E-state index in [-0.39, 0.29) is 0 Å². The molecule has 2 aromatic rings. The maximum Gasteiger partial charge on any atom is 0.191 e. The summed E-state index contributed by atoms with van der Waals surface area (Å²) in [4.78, 5) is 4.20. The van der Waals surface area contributed by atoms with Crippen molar-refractivity contribution in [1.29, 1.82) is 0 Å². The third kappa shape index (κ3) is 5.70. The van der Waals surface area contributed by atoms with E-state index >= 15 is 0 Å². The Balaban J connectivity index is 1.66. The quantitative estimate of drug-likeness (QED) is 0.433. The Morgan fingerprint density at radius 1 is 1.12 bits per heavy atom. The molecule has 0 spiro atoms. The number of guanidine groups is 1. The largest absolute Gasteiger partial charge is 0.497 e. The maximum absolute atomic E-state index is 5.67. The highest BCUT2D eigenvalue weighted by Crippen LogP contribution is 2.16. The predicted octanol–water partition coefficient (Wildman–Crippen LogP) is 2.09. The van der Waals surface area contributed by atoms with Gasteiger partial charge in [-0.25, -0.2) is 0 Å². The molecule has 0 saturated heterocycles. The first-order valence-corrected chi connectivity index (χ1v) is 8.27. The Hall–Kier alpha value is -2.70. The molecule has 0 saturated carbocycles. The van der Waals surface area contributed by atoms with Crippen LogP contribution in [0.15, 0.2) is 33.8 Å². The fourth-order valence-corrected chi connectivity index (χ4v) is 2.40. The van der Waals surface area contributed by atoms with Crippen LogP contribution in [0.4, 0.5) is 0 Å². The van der Waals surface area contributed by atoms with Gasteiger partial charge in [0.15, 0.2) is 5.96 Å². The lowest BCUT2D eigenvalue weighted by molar-refractivity contribution is 0.321. The molecule has 0 aliphatic rings. The molecule has 0 unspecified atom stereocenters. The van der Waals surface area contributed by atoms with Crippen molar-refractivity contribution in [3.63, 3.8) is 0 Å². The summed E-state index contributed by atoms with van der Waals surface area (Å²) in [7, 11) is 3.39. The number of hydrogen-bond donors (Lipinski definition) is 2. The van der Waals surface area contributed by atoms with Crippen LogP contribution in [0.1, 0.15) is 17.0 Å². The van der Waals surface area contributed by atoms with Gasteiger partial charge >= 0.3 is 0 Å². The van der Waals surface area contributed by atoms with Crippen molar-refractivity contribution >= 4 is 5.96 Å². The summed E-state index contributed by atoms with van der Waals surface area (Å²) in [6.07, 6.45) is 0.838. The summed E-state index contributed by atoms with van der Waals surface area (Å²) in [5.41, 5.74) is 2.08. The molecule has 2 rings (SSSR count). The predicted molar refractivity (Wildman–Crippen MR) is 97.5 cm³/mol. The fraction of sp³-hybridized carbons (Fsp3) is 0.444. The Bertz CT molecular complexity index is 661. The van der Waals surface area contributed by atoms with Gasteiger partial charge in [0, 0.05) is 19.2 Å². The first kappa shape index (κ1) is 18.6. The molecule has 0 aliphatic carbocycles. The molecule has 136 valence electrons. The smallest absolute Gasteiger partial charge is 0.191 e. The second-order valence-electron chi connectivity index (χ2n) is 5.50. The minimum Gasteiger partial charge on any atom is -0.497 e. The van der Waals surface area contributed by atoms with E-state index in [0.717, 1.165) is 47.4 Å². The van der Waals surface area contributed by atoms with Gasteiger partial charge in [-0.05, 0) is 44.5 Å². The topological polar surface area (TPSA) is 80.9 Å². The first-order chi connectivity index (χ1) is 12.1. The minimum atomic E-state index is 0.539. The lowest BCUT2D eigenvalue weighted by atomic mass is 10.1. The van der Waals surface area contributed by atoms with Crippen molar-refractivity contribution in [3.05, 3.63) is 41.3 Å². The average Bonchev–Trinajstić information content (AvgIpc) is 2.96. The summed E-state index contributed by atoms with van der Waals surface area (Å²) >= 11 is 0. The third-order valence-electron chi connectivity index (χ3n) is 3.79. The number of rotatable bonds is 8. The van der Waals surface area contributed by atoms with Crippen LogP contribution in [0, 0.1) is 13.8 Å². The number of benzene rings is 1. The summed E-state index contributed by atoms with van der Waals surface area (Å²) in [6.45, 7) is 5.82. The molecule has 7 heteroatoms. The Labute approximate surface area is 148 Å². The number of aliphatic imine (C=N–C) groups is 1. The van der Waals surface area contributed by atoms with Gasteiger partial charge in [0.05, 0.1) is 19.3 Å². The molecule has 1 aromatic heterocycles. The van der Waals surface area contributed by atoms with E-state index in [1.807, 2.05) is 38.1 Å². The lowest BCUT2D eigenvalue weighted by Crippen LogP contribution is -2.40. The van der Waals surface area contributed by atoms with E-state index in [9.17, 15) is 0 Å². The summed E-state index contributed by atoms with van der Waals surface area (Å²) < 4.78 is 16.0. The van der Waals surface area contributed by atoms with Crippen molar-refractivity contribution in [1.82, 2.24) is 15.8 Å². The number of nitrogens with one attached hydrogen (secondary N) is 2. The number of methoxy groups -OCH3 is 1. The normalized spacial score (nSPS) is 11.3. The zero-order valence-electron chi connectivity index (χ0n) is 15.3. The highest BCUT2D eigenvalue weighted by atomic mass is 16.5. The zero-order chi connectivity index (χ0) is 18.1. The van der Waals surface area contributed by atoms with Crippen LogP contribution in [-0.4, -0.2) is 45.0 Å². The van der Waals surface area contributed by atoms with Crippen molar-refractivity contribution in [2.75, 3.05) is 33.9 Å². The van der Waals surface area contributed by atoms with Crippen LogP contribution in [-0.2, 0) is 6.42 Å². The minimum absolute atomic E-state index is 0.539. The maximum atomic E-state index is 5.67. The van der Waals surface area contributed by atoms with Crippen LogP contribution in [0.5, 0.6) is 11.5 Å². The van der Waals surface area contributed by atoms with Gasteiger partial charge in [0.25, 0.3) is 0 Å². The second kappa shape index (κ2) is 9.56. The Morgan fingerprint density at radius 2 is 1.80 bits per heavy atom. The number of hydrogen-bond acceptors (Lipinski definition) is 5. The SMILES string of the molecule is CN=C(NCCOc1ccc(OC)cc1)NCCc1c(C)noc1C. The molecule has 1 heterocycles. The van der Waals surface area contributed by atoms with Gasteiger partial charge in [-0.2, -0.15) is 0 Å². The van der Waals surface area contributed by atoms with Gasteiger partial charge in [-0.3, -0.25) is 4.99 Å². The number of aromatic nitrogens is 1. The highest BCUT2D eigenvalue weighted by molar-refractivity contribution is 5.79. The molecular formula is C18H26N4O3. The third-order valence-corrected chi connectivity index (χ3v) is 3.79. The number of nitrogens with zero attached hydrogens (tertiary/aromatic N) is 2. The number of aryl methyl sites for hydroxylation is 2. The molecule has 0 atom stereocenters. The Morgan fingerprint density at radius 3 is 2.40 bits per heavy atom. The van der Waals surface area contributed by atoms with Crippen LogP contribution in [0.25, 0.3) is 0 Å². The monoisotopic (exact) mass is 346 g/mol. The molecule has 25 heavy (non-hydrogen) atoms. The molecule has 0 aliphatic heterocycles. The van der Waals surface area contributed by atoms with Crippen LogP contribution < -0.4 is 20.1 Å².